The van der Waals surface area contributed by atoms with E-state index in [9.17, 15) is 4.79 Å². The first-order valence-electron chi connectivity index (χ1n) is 7.67. The van der Waals surface area contributed by atoms with Gasteiger partial charge in [-0.15, -0.1) is 0 Å². The second-order valence-corrected chi connectivity index (χ2v) is 8.67. The summed E-state index contributed by atoms with van der Waals surface area (Å²) in [5, 5.41) is 0.994. The average Bonchev–Trinajstić information content (AvgIpc) is 2.67. The van der Waals surface area contributed by atoms with Gasteiger partial charge in [0.1, 0.15) is 0 Å². The zero-order chi connectivity index (χ0) is 18.1. The van der Waals surface area contributed by atoms with E-state index in [-0.39, 0.29) is 5.12 Å². The first-order valence-corrected chi connectivity index (χ1v) is 9.41. The number of hydrogen-bond donors (Lipinski definition) is 0. The van der Waals surface area contributed by atoms with Gasteiger partial charge in [0.15, 0.2) is 5.12 Å². The van der Waals surface area contributed by atoms with Crippen LogP contribution in [0.15, 0.2) is 23.7 Å². The quantitative estimate of drug-likeness (QED) is 0.658. The van der Waals surface area contributed by atoms with Crippen molar-refractivity contribution >= 4 is 53.3 Å². The van der Waals surface area contributed by atoms with E-state index in [4.69, 9.17) is 32.5 Å². The minimum absolute atomic E-state index is 0.0367. The summed E-state index contributed by atoms with van der Waals surface area (Å²) in [6.07, 6.45) is 1.90. The fourth-order valence-electron chi connectivity index (χ4n) is 2.19. The van der Waals surface area contributed by atoms with Gasteiger partial charge < -0.3 is 9.31 Å². The minimum Gasteiger partial charge on any atom is -0.400 e. The van der Waals surface area contributed by atoms with Gasteiger partial charge in [-0.3, -0.25) is 4.79 Å². The van der Waals surface area contributed by atoms with Crippen molar-refractivity contribution in [3.8, 4) is 0 Å². The summed E-state index contributed by atoms with van der Waals surface area (Å²) >= 11 is 13.6. The van der Waals surface area contributed by atoms with Crippen molar-refractivity contribution in [3.63, 3.8) is 0 Å². The Balaban J connectivity index is 2.37. The van der Waals surface area contributed by atoms with E-state index >= 15 is 0 Å². The summed E-state index contributed by atoms with van der Waals surface area (Å²) in [5.74, 6) is 0.467. The lowest BCUT2D eigenvalue weighted by molar-refractivity contribution is -0.109. The topological polar surface area (TPSA) is 35.5 Å². The summed E-state index contributed by atoms with van der Waals surface area (Å²) in [6, 6.07) is 5.44. The van der Waals surface area contributed by atoms with Crippen LogP contribution in [-0.2, 0) is 14.1 Å². The Morgan fingerprint density at radius 1 is 1.21 bits per heavy atom. The Kier molecular flexibility index (Phi) is 6.14. The van der Waals surface area contributed by atoms with E-state index in [0.29, 0.717) is 15.8 Å². The lowest BCUT2D eigenvalue weighted by Crippen LogP contribution is -2.41. The molecule has 0 N–H and O–H groups in total. The predicted molar refractivity (Wildman–Crippen MR) is 104 cm³/mol. The molecule has 0 atom stereocenters. The number of carbonyl (C=O) groups is 1. The Labute approximate surface area is 158 Å². The van der Waals surface area contributed by atoms with Crippen molar-refractivity contribution in [2.75, 3.05) is 5.75 Å². The lowest BCUT2D eigenvalue weighted by atomic mass is 9.78. The number of halogens is 2. The molecule has 7 heteroatoms. The molecule has 1 fully saturated rings. The van der Waals surface area contributed by atoms with Crippen LogP contribution in [-0.4, -0.2) is 29.2 Å². The third kappa shape index (κ3) is 4.38. The third-order valence-corrected chi connectivity index (χ3v) is 6.04. The molecule has 130 valence electrons. The van der Waals surface area contributed by atoms with Crippen LogP contribution in [0.25, 0.3) is 6.08 Å². The first kappa shape index (κ1) is 19.9. The summed E-state index contributed by atoms with van der Waals surface area (Å²) in [4.78, 5) is 11.4. The van der Waals surface area contributed by atoms with Gasteiger partial charge in [-0.2, -0.15) is 0 Å². The molecule has 0 radical (unpaired) electrons. The van der Waals surface area contributed by atoms with Crippen LogP contribution < -0.4 is 0 Å². The van der Waals surface area contributed by atoms with Crippen molar-refractivity contribution < 1.29 is 14.1 Å². The Morgan fingerprint density at radius 2 is 1.79 bits per heavy atom. The molecule has 0 bridgehead atoms. The van der Waals surface area contributed by atoms with Crippen LogP contribution >= 0.6 is 35.0 Å². The maximum absolute atomic E-state index is 11.4. The van der Waals surface area contributed by atoms with Gasteiger partial charge in [0.25, 0.3) is 0 Å². The molecule has 0 amide bonds. The molecule has 0 aromatic heterocycles. The van der Waals surface area contributed by atoms with Gasteiger partial charge in [-0.25, -0.2) is 0 Å². The van der Waals surface area contributed by atoms with E-state index in [1.54, 1.807) is 13.0 Å². The number of hydrogen-bond acceptors (Lipinski definition) is 4. The van der Waals surface area contributed by atoms with Gasteiger partial charge in [-0.1, -0.05) is 53.2 Å². The Hall–Kier alpha value is -0.455. The maximum atomic E-state index is 11.4. The van der Waals surface area contributed by atoms with Gasteiger partial charge in [0.05, 0.1) is 21.2 Å². The second kappa shape index (κ2) is 7.42. The molecular formula is C17H21BCl2O3S. The van der Waals surface area contributed by atoms with Crippen molar-refractivity contribution in [1.82, 2.24) is 0 Å². The molecule has 0 aliphatic carbocycles. The zero-order valence-corrected chi connectivity index (χ0v) is 16.8. The van der Waals surface area contributed by atoms with Crippen LogP contribution in [0.2, 0.25) is 10.0 Å². The molecule has 1 aromatic carbocycles. The summed E-state index contributed by atoms with van der Waals surface area (Å²) in [6.45, 7) is 9.52. The lowest BCUT2D eigenvalue weighted by Gasteiger charge is -2.32. The SMILES string of the molecule is CC(=O)SCC(=Cc1cccc(Cl)c1Cl)B1OC(C)(C)C(C)(C)O1. The molecule has 0 saturated carbocycles. The molecule has 1 aliphatic heterocycles. The van der Waals surface area contributed by atoms with E-state index in [2.05, 4.69) is 0 Å². The molecule has 1 aliphatic rings. The molecule has 3 nitrogen and oxygen atoms in total. The molecule has 0 spiro atoms. The first-order chi connectivity index (χ1) is 11.0. The normalized spacial score (nSPS) is 19.6. The van der Waals surface area contributed by atoms with Crippen LogP contribution in [0.3, 0.4) is 0 Å². The van der Waals surface area contributed by atoms with E-state index in [0.717, 1.165) is 11.0 Å². The molecule has 24 heavy (non-hydrogen) atoms. The highest BCUT2D eigenvalue weighted by Crippen LogP contribution is 2.40. The van der Waals surface area contributed by atoms with Crippen molar-refractivity contribution in [2.45, 2.75) is 45.8 Å². The largest absolute Gasteiger partial charge is 0.491 e. The van der Waals surface area contributed by atoms with Crippen LogP contribution in [0.4, 0.5) is 0 Å². The summed E-state index contributed by atoms with van der Waals surface area (Å²) < 4.78 is 12.2. The minimum atomic E-state index is -0.531. The second-order valence-electron chi connectivity index (χ2n) is 6.73. The van der Waals surface area contributed by atoms with Gasteiger partial charge in [0, 0.05) is 12.7 Å². The van der Waals surface area contributed by atoms with Gasteiger partial charge >= 0.3 is 7.12 Å². The van der Waals surface area contributed by atoms with Crippen LogP contribution in [0.1, 0.15) is 40.2 Å². The van der Waals surface area contributed by atoms with Crippen LogP contribution in [0, 0.1) is 0 Å². The van der Waals surface area contributed by atoms with Crippen molar-refractivity contribution in [3.05, 3.63) is 39.3 Å². The highest BCUT2D eigenvalue weighted by molar-refractivity contribution is 8.13. The fourth-order valence-corrected chi connectivity index (χ4v) is 3.14. The Bertz CT molecular complexity index is 658. The average molecular weight is 387 g/mol. The number of thioether (sulfide) groups is 1. The van der Waals surface area contributed by atoms with Gasteiger partial charge in [-0.05, 0) is 44.8 Å². The van der Waals surface area contributed by atoms with Gasteiger partial charge in [0.2, 0.25) is 0 Å². The zero-order valence-electron chi connectivity index (χ0n) is 14.5. The number of carbonyl (C=O) groups excluding carboxylic acids is 1. The third-order valence-electron chi connectivity index (χ3n) is 4.32. The van der Waals surface area contributed by atoms with Crippen molar-refractivity contribution in [1.29, 1.82) is 0 Å². The molecular weight excluding hydrogens is 366 g/mol. The fraction of sp³-hybridized carbons (Fsp3) is 0.471. The maximum Gasteiger partial charge on any atom is 0.491 e. The highest BCUT2D eigenvalue weighted by atomic mass is 35.5. The summed E-state index contributed by atoms with van der Waals surface area (Å²) in [5.41, 5.74) is 0.724. The van der Waals surface area contributed by atoms with E-state index < -0.39 is 18.3 Å². The van der Waals surface area contributed by atoms with E-state index in [1.165, 1.54) is 11.8 Å². The monoisotopic (exact) mass is 386 g/mol. The smallest absolute Gasteiger partial charge is 0.400 e. The Morgan fingerprint density at radius 3 is 2.33 bits per heavy atom. The molecule has 1 saturated heterocycles. The standard InChI is InChI=1S/C17H21BCl2O3S/c1-11(21)24-10-13(9-12-7-6-8-14(19)15(12)20)18-22-16(2,3)17(4,5)23-18/h6-9H,10H2,1-5H3. The molecule has 1 heterocycles. The predicted octanol–water partition coefficient (Wildman–Crippen LogP) is 5.29. The summed E-state index contributed by atoms with van der Waals surface area (Å²) in [7, 11) is -0.531. The van der Waals surface area contributed by atoms with E-state index in [1.807, 2.05) is 45.9 Å². The molecule has 1 aromatic rings. The number of benzene rings is 1. The number of rotatable bonds is 4. The van der Waals surface area contributed by atoms with Crippen LogP contribution in [0.5, 0.6) is 0 Å². The van der Waals surface area contributed by atoms with Crippen molar-refractivity contribution in [2.24, 2.45) is 0 Å². The molecule has 2 rings (SSSR count). The highest BCUT2D eigenvalue weighted by Gasteiger charge is 2.52. The molecule has 0 unspecified atom stereocenters.